The van der Waals surface area contributed by atoms with Gasteiger partial charge in [0, 0.05) is 18.3 Å². The number of para-hydroxylation sites is 2. The number of urea groups is 1. The second-order valence-corrected chi connectivity index (χ2v) is 7.65. The highest BCUT2D eigenvalue weighted by atomic mass is 16.5. The molecule has 156 valence electrons. The van der Waals surface area contributed by atoms with E-state index in [1.807, 2.05) is 59.8 Å². The van der Waals surface area contributed by atoms with Crippen molar-refractivity contribution in [2.75, 3.05) is 12.4 Å². The van der Waals surface area contributed by atoms with Crippen molar-refractivity contribution < 1.29 is 14.6 Å². The van der Waals surface area contributed by atoms with Crippen molar-refractivity contribution >= 4 is 11.7 Å². The van der Waals surface area contributed by atoms with E-state index in [9.17, 15) is 9.90 Å². The van der Waals surface area contributed by atoms with Crippen LogP contribution in [0.5, 0.6) is 11.5 Å². The number of amides is 2. The summed E-state index contributed by atoms with van der Waals surface area (Å²) in [5.41, 5.74) is 4.37. The minimum Gasteiger partial charge on any atom is -0.504 e. The highest BCUT2D eigenvalue weighted by Gasteiger charge is 2.33. The van der Waals surface area contributed by atoms with E-state index in [1.54, 1.807) is 12.1 Å². The van der Waals surface area contributed by atoms with Crippen molar-refractivity contribution in [2.45, 2.75) is 39.3 Å². The standard InChI is InChI=1S/C23H26N4O3/c1-15-12-16(2)27(25-15)20-7-5-4-6-19(20)24-23(29)26(18-9-10-18)14-17-8-11-21(28)22(13-17)30-3/h4-8,11-13,18,28H,9-10,14H2,1-3H3,(H,24,29). The summed E-state index contributed by atoms with van der Waals surface area (Å²) < 4.78 is 7.04. The van der Waals surface area contributed by atoms with Gasteiger partial charge in [0.05, 0.1) is 24.2 Å². The third-order valence-electron chi connectivity index (χ3n) is 5.23. The second kappa shape index (κ2) is 8.10. The van der Waals surface area contributed by atoms with Gasteiger partial charge in [0.15, 0.2) is 11.5 Å². The molecule has 1 aliphatic rings. The molecular formula is C23H26N4O3. The predicted octanol–water partition coefficient (Wildman–Crippen LogP) is 4.40. The van der Waals surface area contributed by atoms with Crippen molar-refractivity contribution in [1.29, 1.82) is 0 Å². The largest absolute Gasteiger partial charge is 0.504 e. The van der Waals surface area contributed by atoms with Crippen molar-refractivity contribution in [3.05, 3.63) is 65.5 Å². The molecule has 0 saturated heterocycles. The quantitative estimate of drug-likeness (QED) is 0.636. The number of carbonyl (C=O) groups is 1. The molecule has 4 rings (SSSR count). The SMILES string of the molecule is COc1cc(CN(C(=O)Nc2ccccc2-n2nc(C)cc2C)C2CC2)ccc1O. The van der Waals surface area contributed by atoms with E-state index < -0.39 is 0 Å². The number of phenols is 1. The van der Waals surface area contributed by atoms with Crippen LogP contribution < -0.4 is 10.1 Å². The van der Waals surface area contributed by atoms with Crippen LogP contribution in [-0.2, 0) is 6.54 Å². The van der Waals surface area contributed by atoms with Crippen LogP contribution in [0.1, 0.15) is 29.8 Å². The zero-order valence-electron chi connectivity index (χ0n) is 17.4. The van der Waals surface area contributed by atoms with Gasteiger partial charge in [-0.3, -0.25) is 0 Å². The fourth-order valence-corrected chi connectivity index (χ4v) is 3.59. The molecule has 2 aromatic carbocycles. The molecule has 0 spiro atoms. The van der Waals surface area contributed by atoms with Crippen LogP contribution in [0.25, 0.3) is 5.69 Å². The number of phenolic OH excluding ortho intramolecular Hbond substituents is 1. The predicted molar refractivity (Wildman–Crippen MR) is 115 cm³/mol. The fraction of sp³-hybridized carbons (Fsp3) is 0.304. The van der Waals surface area contributed by atoms with Gasteiger partial charge < -0.3 is 20.1 Å². The average Bonchev–Trinajstić information content (AvgIpc) is 3.51. The van der Waals surface area contributed by atoms with E-state index in [-0.39, 0.29) is 17.8 Å². The number of hydrogen-bond donors (Lipinski definition) is 2. The average molecular weight is 406 g/mol. The van der Waals surface area contributed by atoms with Crippen LogP contribution >= 0.6 is 0 Å². The molecule has 1 fully saturated rings. The lowest BCUT2D eigenvalue weighted by atomic mass is 10.2. The molecule has 2 amide bonds. The number of nitrogens with zero attached hydrogens (tertiary/aromatic N) is 3. The number of aryl methyl sites for hydroxylation is 2. The number of hydrogen-bond acceptors (Lipinski definition) is 4. The highest BCUT2D eigenvalue weighted by molar-refractivity contribution is 5.92. The summed E-state index contributed by atoms with van der Waals surface area (Å²) in [6.07, 6.45) is 1.98. The van der Waals surface area contributed by atoms with Crippen LogP contribution in [0.15, 0.2) is 48.5 Å². The van der Waals surface area contributed by atoms with E-state index in [0.717, 1.165) is 35.5 Å². The lowest BCUT2D eigenvalue weighted by Crippen LogP contribution is -2.36. The van der Waals surface area contributed by atoms with Crippen molar-refractivity contribution in [3.63, 3.8) is 0 Å². The summed E-state index contributed by atoms with van der Waals surface area (Å²) in [7, 11) is 1.51. The molecule has 0 aliphatic heterocycles. The second-order valence-electron chi connectivity index (χ2n) is 7.65. The van der Waals surface area contributed by atoms with Gasteiger partial charge in [-0.1, -0.05) is 18.2 Å². The summed E-state index contributed by atoms with van der Waals surface area (Å²) >= 11 is 0. The molecule has 7 nitrogen and oxygen atoms in total. The molecule has 3 aromatic rings. The lowest BCUT2D eigenvalue weighted by molar-refractivity contribution is 0.206. The molecule has 1 aromatic heterocycles. The van der Waals surface area contributed by atoms with Gasteiger partial charge in [-0.2, -0.15) is 5.10 Å². The number of nitrogens with one attached hydrogen (secondary N) is 1. The van der Waals surface area contributed by atoms with Gasteiger partial charge in [-0.25, -0.2) is 9.48 Å². The molecule has 1 heterocycles. The van der Waals surface area contributed by atoms with Crippen LogP contribution in [-0.4, -0.2) is 39.0 Å². The van der Waals surface area contributed by atoms with Gasteiger partial charge in [0.2, 0.25) is 0 Å². The maximum absolute atomic E-state index is 13.2. The number of ether oxygens (including phenoxy) is 1. The Labute approximate surface area is 175 Å². The fourth-order valence-electron chi connectivity index (χ4n) is 3.59. The monoisotopic (exact) mass is 406 g/mol. The number of methoxy groups -OCH3 is 1. The van der Waals surface area contributed by atoms with Gasteiger partial charge in [0.1, 0.15) is 0 Å². The van der Waals surface area contributed by atoms with Crippen LogP contribution in [0, 0.1) is 13.8 Å². The summed E-state index contributed by atoms with van der Waals surface area (Å²) in [6, 6.07) is 14.9. The Hall–Kier alpha value is -3.48. The van der Waals surface area contributed by atoms with Gasteiger partial charge in [0.25, 0.3) is 0 Å². The van der Waals surface area contributed by atoms with Crippen molar-refractivity contribution in [1.82, 2.24) is 14.7 Å². The van der Waals surface area contributed by atoms with Gasteiger partial charge >= 0.3 is 6.03 Å². The molecule has 0 atom stereocenters. The Balaban J connectivity index is 1.57. The van der Waals surface area contributed by atoms with Gasteiger partial charge in [-0.05, 0) is 62.6 Å². The van der Waals surface area contributed by atoms with Crippen molar-refractivity contribution in [2.24, 2.45) is 0 Å². The van der Waals surface area contributed by atoms with E-state index in [1.165, 1.54) is 7.11 Å². The van der Waals surface area contributed by atoms with Gasteiger partial charge in [-0.15, -0.1) is 0 Å². The van der Waals surface area contributed by atoms with E-state index in [2.05, 4.69) is 10.4 Å². The molecular weight excluding hydrogens is 380 g/mol. The first-order valence-corrected chi connectivity index (χ1v) is 10.0. The number of rotatable bonds is 6. The smallest absolute Gasteiger partial charge is 0.322 e. The summed E-state index contributed by atoms with van der Waals surface area (Å²) in [6.45, 7) is 4.38. The van der Waals surface area contributed by atoms with Crippen LogP contribution in [0.3, 0.4) is 0 Å². The number of aromatic hydroxyl groups is 1. The number of aromatic nitrogens is 2. The van der Waals surface area contributed by atoms with E-state index in [4.69, 9.17) is 4.74 Å². The zero-order valence-corrected chi connectivity index (χ0v) is 17.4. The minimum absolute atomic E-state index is 0.0856. The topological polar surface area (TPSA) is 79.6 Å². The third-order valence-corrected chi connectivity index (χ3v) is 5.23. The van der Waals surface area contributed by atoms with Crippen LogP contribution in [0.4, 0.5) is 10.5 Å². The number of benzene rings is 2. The maximum Gasteiger partial charge on any atom is 0.322 e. The first-order chi connectivity index (χ1) is 14.5. The minimum atomic E-state index is -0.154. The molecule has 30 heavy (non-hydrogen) atoms. The first kappa shape index (κ1) is 19.8. The lowest BCUT2D eigenvalue weighted by Gasteiger charge is -2.24. The number of carbonyl (C=O) groups excluding carboxylic acids is 1. The molecule has 7 heteroatoms. The highest BCUT2D eigenvalue weighted by Crippen LogP contribution is 2.32. The maximum atomic E-state index is 13.2. The molecule has 1 saturated carbocycles. The summed E-state index contributed by atoms with van der Waals surface area (Å²) in [4.78, 5) is 15.0. The molecule has 1 aliphatic carbocycles. The Kier molecular flexibility index (Phi) is 5.35. The molecule has 2 N–H and O–H groups in total. The molecule has 0 unspecified atom stereocenters. The first-order valence-electron chi connectivity index (χ1n) is 10.0. The molecule has 0 radical (unpaired) electrons. The summed E-state index contributed by atoms with van der Waals surface area (Å²) in [5, 5.41) is 17.5. The molecule has 0 bridgehead atoms. The zero-order chi connectivity index (χ0) is 21.3. The number of anilines is 1. The Morgan fingerprint density at radius 1 is 1.23 bits per heavy atom. The van der Waals surface area contributed by atoms with E-state index in [0.29, 0.717) is 18.0 Å². The Bertz CT molecular complexity index is 1070. The van der Waals surface area contributed by atoms with Crippen LogP contribution in [0.2, 0.25) is 0 Å². The summed E-state index contributed by atoms with van der Waals surface area (Å²) in [5.74, 6) is 0.487. The third kappa shape index (κ3) is 4.10. The van der Waals surface area contributed by atoms with Crippen molar-refractivity contribution in [3.8, 4) is 17.2 Å². The normalized spacial score (nSPS) is 13.2. The van der Waals surface area contributed by atoms with E-state index >= 15 is 0 Å². The Morgan fingerprint density at radius 3 is 2.67 bits per heavy atom. The Morgan fingerprint density at radius 2 is 2.00 bits per heavy atom.